The molecule has 2 aliphatic heterocycles. The van der Waals surface area contributed by atoms with Crippen LogP contribution in [0.5, 0.6) is 5.75 Å². The number of H-pyrrole nitrogens is 1. The van der Waals surface area contributed by atoms with Crippen LogP contribution in [-0.4, -0.2) is 76.8 Å². The number of benzene rings is 3. The van der Waals surface area contributed by atoms with Gasteiger partial charge >= 0.3 is 5.69 Å². The molecule has 2 fully saturated rings. The largest absolute Gasteiger partial charge is 0.497 e. The van der Waals surface area contributed by atoms with Gasteiger partial charge in [0.2, 0.25) is 0 Å². The number of fused-ring (bicyclic) bond motifs is 2. The summed E-state index contributed by atoms with van der Waals surface area (Å²) in [6, 6.07) is 28.0. The number of nitrogens with one attached hydrogen (secondary N) is 1. The molecule has 0 aliphatic carbocycles. The molecule has 3 aromatic carbocycles. The van der Waals surface area contributed by atoms with Gasteiger partial charge in [0.05, 0.1) is 38.9 Å². The van der Waals surface area contributed by atoms with Crippen molar-refractivity contribution < 1.29 is 32.8 Å². The summed E-state index contributed by atoms with van der Waals surface area (Å²) in [6.07, 6.45) is -0.948. The summed E-state index contributed by atoms with van der Waals surface area (Å²) < 4.78 is 43.3. The molecular weight excluding hydrogens is 723 g/mol. The molecule has 3 heterocycles. The molecule has 1 aromatic heterocycles. The topological polar surface area (TPSA) is 154 Å². The van der Waals surface area contributed by atoms with E-state index in [1.54, 1.807) is 19.2 Å². The normalized spacial score (nSPS) is 23.5. The Labute approximate surface area is 321 Å². The minimum absolute atomic E-state index is 0.00599. The Morgan fingerprint density at radius 2 is 1.62 bits per heavy atom. The Balaban J connectivity index is 1.51. The standard InChI is InChI=1S/C41H47N4O9P/c1-27(2)45(28(3)4)55(51-24-10-22-42)54-37-36-38(44-23-21-35(47)43-39(44)48)53-40(37,29(5)52-36)26-50-41(31-11-8-7-9-12-31,32-15-13-30(25-46)14-16-32)33-17-19-34(49-6)20-18-33/h7-9,11-21,23,25,27-29,36-38H,10,24,26H2,1-6H3,(H,43,47,48)/t29-,36-,37+,38-,40+,41?,55?/m1/s1. The van der Waals surface area contributed by atoms with Gasteiger partial charge in [-0.05, 0) is 63.4 Å². The van der Waals surface area contributed by atoms with Gasteiger partial charge in [0, 0.05) is 29.9 Å². The van der Waals surface area contributed by atoms with Crippen molar-refractivity contribution in [1.82, 2.24) is 14.2 Å². The molecule has 2 bridgehead atoms. The first-order chi connectivity index (χ1) is 26.5. The van der Waals surface area contributed by atoms with Crippen LogP contribution in [0.3, 0.4) is 0 Å². The monoisotopic (exact) mass is 770 g/mol. The van der Waals surface area contributed by atoms with E-state index < -0.39 is 55.5 Å². The highest BCUT2D eigenvalue weighted by Crippen LogP contribution is 2.57. The average Bonchev–Trinajstić information content (AvgIpc) is 3.62. The van der Waals surface area contributed by atoms with E-state index in [2.05, 4.69) is 15.7 Å². The summed E-state index contributed by atoms with van der Waals surface area (Å²) in [5.74, 6) is 0.660. The Morgan fingerprint density at radius 3 is 2.20 bits per heavy atom. The molecular formula is C41H47N4O9P. The third-order valence-electron chi connectivity index (χ3n) is 10.1. The van der Waals surface area contributed by atoms with Crippen LogP contribution in [-0.2, 0) is 28.9 Å². The molecule has 2 saturated heterocycles. The number of hydrogen-bond acceptors (Lipinski definition) is 11. The molecule has 2 unspecified atom stereocenters. The number of hydrogen-bond donors (Lipinski definition) is 1. The van der Waals surface area contributed by atoms with Gasteiger partial charge in [0.15, 0.2) is 6.23 Å². The van der Waals surface area contributed by atoms with Gasteiger partial charge in [-0.1, -0.05) is 66.7 Å². The fourth-order valence-corrected chi connectivity index (χ4v) is 9.28. The molecule has 0 spiro atoms. The molecule has 1 N–H and O–H groups in total. The second kappa shape index (κ2) is 17.1. The number of rotatable bonds is 17. The molecule has 2 aliphatic rings. The van der Waals surface area contributed by atoms with E-state index in [-0.39, 0.29) is 31.7 Å². The number of methoxy groups -OCH3 is 1. The quantitative estimate of drug-likeness (QED) is 0.0575. The minimum atomic E-state index is -1.80. The van der Waals surface area contributed by atoms with Gasteiger partial charge in [-0.3, -0.25) is 19.1 Å². The summed E-state index contributed by atoms with van der Waals surface area (Å²) >= 11 is 0. The first-order valence-corrected chi connectivity index (χ1v) is 19.4. The van der Waals surface area contributed by atoms with Crippen LogP contribution in [0, 0.1) is 11.3 Å². The number of carbonyl (C=O) groups excluding carboxylic acids is 1. The first kappa shape index (κ1) is 40.2. The van der Waals surface area contributed by atoms with Crippen molar-refractivity contribution in [3.8, 4) is 11.8 Å². The van der Waals surface area contributed by atoms with Crippen molar-refractivity contribution in [3.63, 3.8) is 0 Å². The zero-order valence-electron chi connectivity index (χ0n) is 31.8. The Bertz CT molecular complexity index is 2060. The summed E-state index contributed by atoms with van der Waals surface area (Å²) in [4.78, 5) is 39.5. The summed E-state index contributed by atoms with van der Waals surface area (Å²) in [6.45, 7) is 10.1. The van der Waals surface area contributed by atoms with Crippen molar-refractivity contribution in [1.29, 1.82) is 5.26 Å². The lowest BCUT2D eigenvalue weighted by atomic mass is 9.79. The maximum Gasteiger partial charge on any atom is 0.330 e. The molecule has 13 nitrogen and oxygen atoms in total. The van der Waals surface area contributed by atoms with E-state index in [0.717, 1.165) is 23.0 Å². The van der Waals surface area contributed by atoms with Crippen LogP contribution in [0.25, 0.3) is 0 Å². The smallest absolute Gasteiger partial charge is 0.330 e. The first-order valence-electron chi connectivity index (χ1n) is 18.3. The van der Waals surface area contributed by atoms with Gasteiger partial charge in [-0.25, -0.2) is 9.46 Å². The number of carbonyl (C=O) groups is 1. The lowest BCUT2D eigenvalue weighted by Gasteiger charge is -2.43. The van der Waals surface area contributed by atoms with Crippen molar-refractivity contribution in [2.24, 2.45) is 0 Å². The lowest BCUT2D eigenvalue weighted by molar-refractivity contribution is -0.231. The van der Waals surface area contributed by atoms with Crippen molar-refractivity contribution in [3.05, 3.63) is 134 Å². The lowest BCUT2D eigenvalue weighted by Crippen LogP contribution is -2.53. The number of aromatic nitrogens is 2. The highest BCUT2D eigenvalue weighted by Gasteiger charge is 2.68. The van der Waals surface area contributed by atoms with Crippen LogP contribution in [0.4, 0.5) is 0 Å². The number of nitriles is 1. The van der Waals surface area contributed by atoms with Gasteiger partial charge in [-0.2, -0.15) is 5.26 Å². The fourth-order valence-electron chi connectivity index (χ4n) is 7.49. The molecule has 14 heteroatoms. The van der Waals surface area contributed by atoms with Crippen LogP contribution in [0.2, 0.25) is 0 Å². The Kier molecular flexibility index (Phi) is 12.5. The van der Waals surface area contributed by atoms with E-state index in [1.807, 2.05) is 101 Å². The Morgan fingerprint density at radius 1 is 0.982 bits per heavy atom. The van der Waals surface area contributed by atoms with Crippen LogP contribution in [0.1, 0.15) is 74.3 Å². The SMILES string of the molecule is COc1ccc(C(OC[C@]23O[C@@H](n4ccc(=O)[nH]c4=O)[C@H](O[C@@H]2C)[C@@H]3OP(OCCC#N)N(C(C)C)C(C)C)(c2ccccc2)c2ccc(C=O)cc2)cc1. The molecule has 0 radical (unpaired) electrons. The summed E-state index contributed by atoms with van der Waals surface area (Å²) in [5, 5.41) is 9.37. The van der Waals surface area contributed by atoms with E-state index in [9.17, 15) is 19.6 Å². The second-order valence-electron chi connectivity index (χ2n) is 14.1. The summed E-state index contributed by atoms with van der Waals surface area (Å²) in [5.41, 5.74) is -0.989. The van der Waals surface area contributed by atoms with E-state index in [0.29, 0.717) is 11.3 Å². The second-order valence-corrected chi connectivity index (χ2v) is 15.5. The number of aromatic amines is 1. The zero-order valence-corrected chi connectivity index (χ0v) is 32.7. The highest BCUT2D eigenvalue weighted by atomic mass is 31.2. The van der Waals surface area contributed by atoms with Gasteiger partial charge < -0.3 is 28.0 Å². The third kappa shape index (κ3) is 7.82. The maximum absolute atomic E-state index is 13.3. The molecule has 4 aromatic rings. The maximum atomic E-state index is 13.3. The highest BCUT2D eigenvalue weighted by molar-refractivity contribution is 7.44. The van der Waals surface area contributed by atoms with E-state index in [1.165, 1.54) is 16.8 Å². The average molecular weight is 771 g/mol. The van der Waals surface area contributed by atoms with Gasteiger partial charge in [0.1, 0.15) is 35.4 Å². The zero-order chi connectivity index (χ0) is 39.3. The fraction of sp³-hybridized carbons (Fsp3) is 0.415. The molecule has 55 heavy (non-hydrogen) atoms. The van der Waals surface area contributed by atoms with Crippen LogP contribution < -0.4 is 16.0 Å². The number of ether oxygens (including phenoxy) is 4. The Hall–Kier alpha value is -4.51. The van der Waals surface area contributed by atoms with Gasteiger partial charge in [-0.15, -0.1) is 0 Å². The molecule has 7 atom stereocenters. The van der Waals surface area contributed by atoms with Crippen molar-refractivity contribution in [2.45, 2.75) is 88.9 Å². The van der Waals surface area contributed by atoms with E-state index in [4.69, 9.17) is 28.0 Å². The molecule has 290 valence electrons. The molecule has 6 rings (SSSR count). The van der Waals surface area contributed by atoms with E-state index >= 15 is 0 Å². The van der Waals surface area contributed by atoms with Crippen molar-refractivity contribution in [2.75, 3.05) is 20.3 Å². The number of aldehydes is 1. The third-order valence-corrected chi connectivity index (χ3v) is 12.2. The predicted molar refractivity (Wildman–Crippen MR) is 206 cm³/mol. The van der Waals surface area contributed by atoms with Crippen molar-refractivity contribution >= 4 is 14.8 Å². The van der Waals surface area contributed by atoms with Crippen LogP contribution in [0.15, 0.2) is 101 Å². The molecule has 0 amide bonds. The van der Waals surface area contributed by atoms with Crippen LogP contribution >= 0.6 is 8.53 Å². The summed E-state index contributed by atoms with van der Waals surface area (Å²) in [7, 11) is -0.195. The minimum Gasteiger partial charge on any atom is -0.497 e. The number of nitrogens with zero attached hydrogens (tertiary/aromatic N) is 3. The van der Waals surface area contributed by atoms with Gasteiger partial charge in [0.25, 0.3) is 14.1 Å². The predicted octanol–water partition coefficient (Wildman–Crippen LogP) is 6.08. The molecule has 0 saturated carbocycles.